The van der Waals surface area contributed by atoms with Crippen LogP contribution in [0.2, 0.25) is 0 Å². The molecule has 1 atom stereocenters. The Morgan fingerprint density at radius 2 is 2.00 bits per heavy atom. The number of aromatic nitrogens is 2. The highest BCUT2D eigenvalue weighted by Gasteiger charge is 2.30. The molecule has 128 valence electrons. The lowest BCUT2D eigenvalue weighted by molar-refractivity contribution is -0.131. The van der Waals surface area contributed by atoms with Crippen LogP contribution in [-0.2, 0) is 11.3 Å². The molecule has 0 bridgehead atoms. The van der Waals surface area contributed by atoms with Crippen LogP contribution in [0.1, 0.15) is 43.1 Å². The van der Waals surface area contributed by atoms with Crippen molar-refractivity contribution in [2.24, 2.45) is 0 Å². The molecule has 1 amide bonds. The van der Waals surface area contributed by atoms with E-state index in [9.17, 15) is 4.79 Å². The first-order chi connectivity index (χ1) is 12.2. The minimum atomic E-state index is 0.0245. The van der Waals surface area contributed by atoms with E-state index in [1.165, 1.54) is 11.3 Å². The Hall–Kier alpha value is -2.62. The predicted octanol–water partition coefficient (Wildman–Crippen LogP) is 3.79. The standard InChI is InChI=1S/C21H23N3O/c1-3-23(4-2)20(25)13-17-19-10-7-11-24(19)14-16-12-15-8-5-6-9-18(15)22-21(16)17/h5-12,17H,3-4,13-14H2,1-2H3. The van der Waals surface area contributed by atoms with Gasteiger partial charge in [0.15, 0.2) is 0 Å². The van der Waals surface area contributed by atoms with Gasteiger partial charge in [-0.1, -0.05) is 18.2 Å². The number of para-hydroxylation sites is 1. The maximum Gasteiger partial charge on any atom is 0.223 e. The van der Waals surface area contributed by atoms with E-state index < -0.39 is 0 Å². The van der Waals surface area contributed by atoms with Crippen molar-refractivity contribution in [1.82, 2.24) is 14.5 Å². The number of hydrogen-bond acceptors (Lipinski definition) is 2. The van der Waals surface area contributed by atoms with E-state index >= 15 is 0 Å². The van der Waals surface area contributed by atoms with Crippen LogP contribution in [0.15, 0.2) is 48.7 Å². The number of fused-ring (bicyclic) bond motifs is 3. The lowest BCUT2D eigenvalue weighted by Crippen LogP contribution is -2.33. The third-order valence-electron chi connectivity index (χ3n) is 5.22. The summed E-state index contributed by atoms with van der Waals surface area (Å²) in [6.45, 7) is 6.39. The second-order valence-corrected chi connectivity index (χ2v) is 6.61. The first kappa shape index (κ1) is 15.9. The van der Waals surface area contributed by atoms with E-state index in [0.29, 0.717) is 6.42 Å². The zero-order valence-corrected chi connectivity index (χ0v) is 14.8. The third kappa shape index (κ3) is 2.72. The predicted molar refractivity (Wildman–Crippen MR) is 99.7 cm³/mol. The van der Waals surface area contributed by atoms with Gasteiger partial charge < -0.3 is 9.47 Å². The summed E-state index contributed by atoms with van der Waals surface area (Å²) in [7, 11) is 0. The summed E-state index contributed by atoms with van der Waals surface area (Å²) in [6, 6.07) is 14.6. The molecule has 0 N–H and O–H groups in total. The van der Waals surface area contributed by atoms with Crippen molar-refractivity contribution in [1.29, 1.82) is 0 Å². The molecule has 0 saturated carbocycles. The van der Waals surface area contributed by atoms with Crippen molar-refractivity contribution in [3.63, 3.8) is 0 Å². The van der Waals surface area contributed by atoms with E-state index in [-0.39, 0.29) is 11.8 Å². The van der Waals surface area contributed by atoms with Gasteiger partial charge in [0.05, 0.1) is 17.1 Å². The Bertz CT molecular complexity index is 924. The molecule has 0 spiro atoms. The molecular formula is C21H23N3O. The number of carbonyl (C=O) groups is 1. The number of hydrogen-bond donors (Lipinski definition) is 0. The van der Waals surface area contributed by atoms with Gasteiger partial charge in [-0.15, -0.1) is 0 Å². The molecule has 0 saturated heterocycles. The van der Waals surface area contributed by atoms with Crippen molar-refractivity contribution >= 4 is 16.8 Å². The molecule has 1 aliphatic rings. The minimum Gasteiger partial charge on any atom is -0.346 e. The quantitative estimate of drug-likeness (QED) is 0.728. The monoisotopic (exact) mass is 333 g/mol. The lowest BCUT2D eigenvalue weighted by Gasteiger charge is -2.29. The molecule has 0 radical (unpaired) electrons. The Kier molecular flexibility index (Phi) is 4.04. The van der Waals surface area contributed by atoms with Crippen LogP contribution in [0.3, 0.4) is 0 Å². The zero-order chi connectivity index (χ0) is 17.4. The minimum absolute atomic E-state index is 0.0245. The molecule has 1 aromatic carbocycles. The van der Waals surface area contributed by atoms with Gasteiger partial charge in [-0.3, -0.25) is 9.78 Å². The molecule has 3 aromatic rings. The fourth-order valence-electron chi connectivity index (χ4n) is 3.90. The highest BCUT2D eigenvalue weighted by molar-refractivity contribution is 5.81. The second kappa shape index (κ2) is 6.36. The van der Waals surface area contributed by atoms with Gasteiger partial charge in [0, 0.05) is 43.3 Å². The highest BCUT2D eigenvalue weighted by atomic mass is 16.2. The average molecular weight is 333 g/mol. The smallest absolute Gasteiger partial charge is 0.223 e. The normalized spacial score (nSPS) is 15.7. The van der Waals surface area contributed by atoms with Crippen LogP contribution in [0, 0.1) is 0 Å². The van der Waals surface area contributed by atoms with Crippen LogP contribution in [0.5, 0.6) is 0 Å². The summed E-state index contributed by atoms with van der Waals surface area (Å²) < 4.78 is 2.25. The van der Waals surface area contributed by atoms with Gasteiger partial charge in [-0.05, 0) is 43.7 Å². The van der Waals surface area contributed by atoms with Gasteiger partial charge in [0.1, 0.15) is 0 Å². The van der Waals surface area contributed by atoms with Crippen molar-refractivity contribution in [3.8, 4) is 0 Å². The molecule has 3 heterocycles. The van der Waals surface area contributed by atoms with Gasteiger partial charge >= 0.3 is 0 Å². The molecule has 1 aliphatic heterocycles. The Morgan fingerprint density at radius 3 is 2.80 bits per heavy atom. The van der Waals surface area contributed by atoms with E-state index in [2.05, 4.69) is 35.0 Å². The first-order valence-corrected chi connectivity index (χ1v) is 9.02. The number of amides is 1. The van der Waals surface area contributed by atoms with Crippen LogP contribution < -0.4 is 0 Å². The summed E-state index contributed by atoms with van der Waals surface area (Å²) in [5.41, 5.74) is 4.47. The van der Waals surface area contributed by atoms with Crippen LogP contribution >= 0.6 is 0 Å². The number of benzene rings is 1. The summed E-state index contributed by atoms with van der Waals surface area (Å²) in [6.07, 6.45) is 2.58. The number of carbonyl (C=O) groups excluding carboxylic acids is 1. The molecule has 4 rings (SSSR count). The summed E-state index contributed by atoms with van der Waals surface area (Å²) in [5.74, 6) is 0.224. The first-order valence-electron chi connectivity index (χ1n) is 9.02. The summed E-state index contributed by atoms with van der Waals surface area (Å²) in [5, 5.41) is 1.16. The number of rotatable bonds is 4. The van der Waals surface area contributed by atoms with Crippen LogP contribution in [0.25, 0.3) is 10.9 Å². The molecule has 4 nitrogen and oxygen atoms in total. The van der Waals surface area contributed by atoms with Crippen molar-refractivity contribution in [3.05, 3.63) is 65.6 Å². The van der Waals surface area contributed by atoms with Crippen LogP contribution in [-0.4, -0.2) is 33.4 Å². The SMILES string of the molecule is CCN(CC)C(=O)CC1c2nc3ccccc3cc2Cn2cccc21. The summed E-state index contributed by atoms with van der Waals surface area (Å²) in [4.78, 5) is 19.6. The molecular weight excluding hydrogens is 310 g/mol. The van der Waals surface area contributed by atoms with Crippen molar-refractivity contribution in [2.75, 3.05) is 13.1 Å². The van der Waals surface area contributed by atoms with E-state index in [1.54, 1.807) is 0 Å². The average Bonchev–Trinajstić information content (AvgIpc) is 3.09. The van der Waals surface area contributed by atoms with Gasteiger partial charge in [0.2, 0.25) is 5.91 Å². The maximum atomic E-state index is 12.8. The molecule has 4 heteroatoms. The number of nitrogens with zero attached hydrogens (tertiary/aromatic N) is 3. The summed E-state index contributed by atoms with van der Waals surface area (Å²) >= 11 is 0. The highest BCUT2D eigenvalue weighted by Crippen LogP contribution is 2.36. The Morgan fingerprint density at radius 1 is 1.20 bits per heavy atom. The largest absolute Gasteiger partial charge is 0.346 e. The Labute approximate surface area is 148 Å². The second-order valence-electron chi connectivity index (χ2n) is 6.61. The molecule has 0 aliphatic carbocycles. The molecule has 2 aromatic heterocycles. The molecule has 1 unspecified atom stereocenters. The van der Waals surface area contributed by atoms with E-state index in [0.717, 1.165) is 36.2 Å². The fraction of sp³-hybridized carbons (Fsp3) is 0.333. The maximum absolute atomic E-state index is 12.8. The Balaban J connectivity index is 1.79. The lowest BCUT2D eigenvalue weighted by atomic mass is 9.89. The van der Waals surface area contributed by atoms with Crippen LogP contribution in [0.4, 0.5) is 0 Å². The van der Waals surface area contributed by atoms with Crippen molar-refractivity contribution < 1.29 is 4.79 Å². The fourth-order valence-corrected chi connectivity index (χ4v) is 3.90. The van der Waals surface area contributed by atoms with Crippen molar-refractivity contribution in [2.45, 2.75) is 32.7 Å². The molecule has 0 fully saturated rings. The zero-order valence-electron chi connectivity index (χ0n) is 14.8. The van der Waals surface area contributed by atoms with Gasteiger partial charge in [0.25, 0.3) is 0 Å². The topological polar surface area (TPSA) is 38.1 Å². The van der Waals surface area contributed by atoms with E-state index in [1.807, 2.05) is 36.9 Å². The van der Waals surface area contributed by atoms with Gasteiger partial charge in [-0.2, -0.15) is 0 Å². The molecule has 25 heavy (non-hydrogen) atoms. The number of pyridine rings is 1. The van der Waals surface area contributed by atoms with Gasteiger partial charge in [-0.25, -0.2) is 0 Å². The third-order valence-corrected chi connectivity index (χ3v) is 5.22. The van der Waals surface area contributed by atoms with E-state index in [4.69, 9.17) is 4.98 Å².